The second kappa shape index (κ2) is 3.56. The first kappa shape index (κ1) is 11.0. The molecular formula is C6HClF5NO. The molecule has 14 heavy (non-hydrogen) atoms. The molecule has 78 valence electrons. The first-order chi connectivity index (χ1) is 6.31. The van der Waals surface area contributed by atoms with Crippen molar-refractivity contribution in [1.82, 2.24) is 4.98 Å². The van der Waals surface area contributed by atoms with E-state index in [1.807, 2.05) is 0 Å². The molecule has 0 aliphatic rings. The van der Waals surface area contributed by atoms with Gasteiger partial charge in [-0.15, -0.1) is 13.2 Å². The van der Waals surface area contributed by atoms with Crippen LogP contribution in [0.4, 0.5) is 22.0 Å². The number of pyridine rings is 1. The molecule has 0 radical (unpaired) electrons. The van der Waals surface area contributed by atoms with Crippen molar-refractivity contribution in [2.45, 2.75) is 6.36 Å². The Labute approximate surface area is 79.3 Å². The van der Waals surface area contributed by atoms with Gasteiger partial charge >= 0.3 is 6.36 Å². The van der Waals surface area contributed by atoms with Crippen molar-refractivity contribution in [1.29, 1.82) is 0 Å². The predicted octanol–water partition coefficient (Wildman–Crippen LogP) is 2.91. The van der Waals surface area contributed by atoms with Gasteiger partial charge in [-0.3, -0.25) is 0 Å². The van der Waals surface area contributed by atoms with Crippen LogP contribution in [0.15, 0.2) is 6.20 Å². The van der Waals surface area contributed by atoms with E-state index in [4.69, 9.17) is 11.6 Å². The van der Waals surface area contributed by atoms with Crippen molar-refractivity contribution >= 4 is 11.6 Å². The quantitative estimate of drug-likeness (QED) is 0.696. The zero-order valence-electron chi connectivity index (χ0n) is 6.20. The van der Waals surface area contributed by atoms with Crippen LogP contribution in [0.2, 0.25) is 5.02 Å². The molecule has 0 bridgehead atoms. The third-order valence-electron chi connectivity index (χ3n) is 1.10. The zero-order chi connectivity index (χ0) is 10.9. The van der Waals surface area contributed by atoms with Crippen LogP contribution in [0.5, 0.6) is 5.88 Å². The molecule has 0 atom stereocenters. The van der Waals surface area contributed by atoms with Gasteiger partial charge in [-0.05, 0) is 0 Å². The van der Waals surface area contributed by atoms with Crippen LogP contribution in [0, 0.1) is 11.6 Å². The van der Waals surface area contributed by atoms with Crippen molar-refractivity contribution < 1.29 is 26.7 Å². The second-order valence-corrected chi connectivity index (χ2v) is 2.49. The minimum Gasteiger partial charge on any atom is -0.385 e. The molecule has 0 aliphatic heterocycles. The molecule has 1 rings (SSSR count). The third kappa shape index (κ3) is 2.44. The van der Waals surface area contributed by atoms with Crippen LogP contribution in [-0.2, 0) is 0 Å². The van der Waals surface area contributed by atoms with Gasteiger partial charge in [0.2, 0.25) is 5.82 Å². The molecule has 0 saturated carbocycles. The smallest absolute Gasteiger partial charge is 0.385 e. The first-order valence-electron chi connectivity index (χ1n) is 3.06. The van der Waals surface area contributed by atoms with E-state index in [0.717, 1.165) is 0 Å². The molecule has 1 aromatic heterocycles. The van der Waals surface area contributed by atoms with Crippen LogP contribution in [0.3, 0.4) is 0 Å². The Morgan fingerprint density at radius 2 is 1.79 bits per heavy atom. The standard InChI is InChI=1S/C6HClF5NO/c7-2-1-13-5(4(9)3(2)8)14-6(10,11)12/h1H. The molecule has 0 N–H and O–H groups in total. The fourth-order valence-electron chi connectivity index (χ4n) is 0.608. The zero-order valence-corrected chi connectivity index (χ0v) is 6.96. The van der Waals surface area contributed by atoms with Crippen LogP contribution in [-0.4, -0.2) is 11.3 Å². The summed E-state index contributed by atoms with van der Waals surface area (Å²) in [4.78, 5) is 2.83. The van der Waals surface area contributed by atoms with Gasteiger partial charge in [0, 0.05) is 0 Å². The average molecular weight is 234 g/mol. The van der Waals surface area contributed by atoms with Crippen molar-refractivity contribution in [2.24, 2.45) is 0 Å². The molecule has 0 saturated heterocycles. The first-order valence-corrected chi connectivity index (χ1v) is 3.44. The monoisotopic (exact) mass is 233 g/mol. The summed E-state index contributed by atoms with van der Waals surface area (Å²) in [6, 6.07) is 0. The Bertz CT molecular complexity index is 353. The molecule has 1 aromatic rings. The van der Waals surface area contributed by atoms with Crippen molar-refractivity contribution in [3.8, 4) is 5.88 Å². The second-order valence-electron chi connectivity index (χ2n) is 2.09. The molecule has 0 unspecified atom stereocenters. The highest BCUT2D eigenvalue weighted by atomic mass is 35.5. The molecule has 0 aliphatic carbocycles. The lowest BCUT2D eigenvalue weighted by molar-refractivity contribution is -0.277. The lowest BCUT2D eigenvalue weighted by atomic mass is 10.4. The SMILES string of the molecule is Fc1c(Cl)cnc(OC(F)(F)F)c1F. The molecule has 1 heterocycles. The van der Waals surface area contributed by atoms with Gasteiger partial charge < -0.3 is 4.74 Å². The van der Waals surface area contributed by atoms with Gasteiger partial charge in [0.25, 0.3) is 5.88 Å². The van der Waals surface area contributed by atoms with E-state index in [2.05, 4.69) is 9.72 Å². The van der Waals surface area contributed by atoms with E-state index in [1.54, 1.807) is 0 Å². The summed E-state index contributed by atoms with van der Waals surface area (Å²) in [5.74, 6) is -5.02. The van der Waals surface area contributed by atoms with Crippen LogP contribution < -0.4 is 4.74 Å². The minimum atomic E-state index is -5.13. The lowest BCUT2D eigenvalue weighted by Crippen LogP contribution is -2.19. The van der Waals surface area contributed by atoms with Gasteiger partial charge in [-0.25, -0.2) is 9.37 Å². The molecule has 0 amide bonds. The Morgan fingerprint density at radius 1 is 1.21 bits per heavy atom. The Balaban J connectivity index is 3.06. The number of ether oxygens (including phenoxy) is 1. The van der Waals surface area contributed by atoms with Gasteiger partial charge in [0.15, 0.2) is 5.82 Å². The number of hydrogen-bond donors (Lipinski definition) is 0. The summed E-state index contributed by atoms with van der Waals surface area (Å²) in [6.45, 7) is 0. The number of halogens is 6. The predicted molar refractivity (Wildman–Crippen MR) is 35.8 cm³/mol. The van der Waals surface area contributed by atoms with Crippen molar-refractivity contribution in [2.75, 3.05) is 0 Å². The minimum absolute atomic E-state index is 0.515. The van der Waals surface area contributed by atoms with E-state index in [0.29, 0.717) is 6.20 Å². The molecular weight excluding hydrogens is 233 g/mol. The van der Waals surface area contributed by atoms with Gasteiger partial charge in [0.05, 0.1) is 11.2 Å². The van der Waals surface area contributed by atoms with E-state index >= 15 is 0 Å². The molecule has 8 heteroatoms. The van der Waals surface area contributed by atoms with Gasteiger partial charge in [-0.1, -0.05) is 11.6 Å². The summed E-state index contributed by atoms with van der Waals surface area (Å²) >= 11 is 5.04. The Kier molecular flexibility index (Phi) is 2.79. The highest BCUT2D eigenvalue weighted by molar-refractivity contribution is 6.30. The number of nitrogens with zero attached hydrogens (tertiary/aromatic N) is 1. The Morgan fingerprint density at radius 3 is 2.29 bits per heavy atom. The van der Waals surface area contributed by atoms with E-state index in [9.17, 15) is 22.0 Å². The highest BCUT2D eigenvalue weighted by Crippen LogP contribution is 2.27. The van der Waals surface area contributed by atoms with E-state index in [-0.39, 0.29) is 0 Å². The van der Waals surface area contributed by atoms with Gasteiger partial charge in [-0.2, -0.15) is 4.39 Å². The average Bonchev–Trinajstić information content (AvgIpc) is 2.04. The fraction of sp³-hybridized carbons (Fsp3) is 0.167. The lowest BCUT2D eigenvalue weighted by Gasteiger charge is -2.08. The maximum absolute atomic E-state index is 12.6. The molecule has 0 aromatic carbocycles. The summed E-state index contributed by atoms with van der Waals surface area (Å²) in [7, 11) is 0. The van der Waals surface area contributed by atoms with Crippen LogP contribution in [0.1, 0.15) is 0 Å². The number of aromatic nitrogens is 1. The Hall–Kier alpha value is -1.11. The van der Waals surface area contributed by atoms with E-state index in [1.165, 1.54) is 0 Å². The normalized spacial score (nSPS) is 11.6. The van der Waals surface area contributed by atoms with Crippen LogP contribution >= 0.6 is 11.6 Å². The fourth-order valence-corrected chi connectivity index (χ4v) is 0.740. The largest absolute Gasteiger partial charge is 0.574 e. The number of alkyl halides is 3. The summed E-state index contributed by atoms with van der Waals surface area (Å²) in [5, 5.41) is -0.725. The topological polar surface area (TPSA) is 22.1 Å². The molecule has 0 fully saturated rings. The maximum Gasteiger partial charge on any atom is 0.574 e. The van der Waals surface area contributed by atoms with E-state index < -0.39 is 28.9 Å². The number of rotatable bonds is 1. The maximum atomic E-state index is 12.6. The summed E-state index contributed by atoms with van der Waals surface area (Å²) in [5.41, 5.74) is 0. The van der Waals surface area contributed by atoms with Gasteiger partial charge in [0.1, 0.15) is 0 Å². The van der Waals surface area contributed by atoms with Crippen molar-refractivity contribution in [3.05, 3.63) is 22.9 Å². The third-order valence-corrected chi connectivity index (χ3v) is 1.36. The summed E-state index contributed by atoms with van der Waals surface area (Å²) in [6.07, 6.45) is -4.62. The highest BCUT2D eigenvalue weighted by Gasteiger charge is 2.34. The molecule has 0 spiro atoms. The van der Waals surface area contributed by atoms with Crippen LogP contribution in [0.25, 0.3) is 0 Å². The summed E-state index contributed by atoms with van der Waals surface area (Å²) < 4.78 is 63.0. The number of hydrogen-bond acceptors (Lipinski definition) is 2. The van der Waals surface area contributed by atoms with Crippen molar-refractivity contribution in [3.63, 3.8) is 0 Å². The molecule has 2 nitrogen and oxygen atoms in total.